The Hall–Kier alpha value is -1.30. The second kappa shape index (κ2) is 5.24. The molecule has 0 radical (unpaired) electrons. The summed E-state index contributed by atoms with van der Waals surface area (Å²) in [5, 5.41) is 0. The topological polar surface area (TPSA) is 19.4 Å². The molecule has 1 aliphatic heterocycles. The van der Waals surface area contributed by atoms with E-state index in [0.717, 1.165) is 32.4 Å². The average molecular weight is 287 g/mol. The molecule has 20 heavy (non-hydrogen) atoms. The zero-order chi connectivity index (χ0) is 15.0. The van der Waals surface area contributed by atoms with Gasteiger partial charge in [-0.15, -0.1) is 0 Å². The molecule has 0 saturated carbocycles. The summed E-state index contributed by atoms with van der Waals surface area (Å²) in [6, 6.07) is 1.18. The van der Waals surface area contributed by atoms with Crippen LogP contribution in [0.1, 0.15) is 26.3 Å². The molecule has 1 saturated heterocycles. The van der Waals surface area contributed by atoms with Crippen molar-refractivity contribution in [1.29, 1.82) is 0 Å². The van der Waals surface area contributed by atoms with Crippen LogP contribution in [-0.2, 0) is 6.18 Å². The molecule has 0 bridgehead atoms. The van der Waals surface area contributed by atoms with E-state index in [1.807, 2.05) is 4.90 Å². The molecule has 1 fully saturated rings. The van der Waals surface area contributed by atoms with Crippen LogP contribution >= 0.6 is 0 Å². The lowest BCUT2D eigenvalue weighted by atomic mass is 10.0. The van der Waals surface area contributed by atoms with E-state index in [4.69, 9.17) is 0 Å². The molecule has 0 amide bonds. The molecule has 1 aromatic heterocycles. The molecule has 112 valence electrons. The molecular weight excluding hydrogens is 267 g/mol. The summed E-state index contributed by atoms with van der Waals surface area (Å²) in [4.78, 5) is 8.02. The van der Waals surface area contributed by atoms with E-state index < -0.39 is 11.7 Å². The van der Waals surface area contributed by atoms with Gasteiger partial charge in [0.2, 0.25) is 0 Å². The van der Waals surface area contributed by atoms with E-state index in [1.165, 1.54) is 12.3 Å². The first-order valence-electron chi connectivity index (χ1n) is 6.70. The van der Waals surface area contributed by atoms with E-state index >= 15 is 0 Å². The maximum atomic E-state index is 12.7. The molecule has 6 heteroatoms. The summed E-state index contributed by atoms with van der Waals surface area (Å²) < 4.78 is 38.1. The highest BCUT2D eigenvalue weighted by Gasteiger charge is 2.32. The van der Waals surface area contributed by atoms with Gasteiger partial charge in [0.15, 0.2) is 0 Å². The Kier molecular flexibility index (Phi) is 3.95. The van der Waals surface area contributed by atoms with Gasteiger partial charge in [0.05, 0.1) is 17.4 Å². The number of piperazine rings is 1. The van der Waals surface area contributed by atoms with E-state index in [0.29, 0.717) is 5.69 Å². The van der Waals surface area contributed by atoms with Crippen molar-refractivity contribution >= 4 is 5.69 Å². The third-order valence-corrected chi connectivity index (χ3v) is 3.64. The molecule has 0 atom stereocenters. The van der Waals surface area contributed by atoms with Crippen LogP contribution in [0.4, 0.5) is 18.9 Å². The Bertz CT molecular complexity index is 457. The predicted molar refractivity (Wildman–Crippen MR) is 72.8 cm³/mol. The molecule has 3 nitrogen and oxygen atoms in total. The number of hydrogen-bond acceptors (Lipinski definition) is 3. The van der Waals surface area contributed by atoms with Crippen LogP contribution in [0.2, 0.25) is 0 Å². The Morgan fingerprint density at radius 2 is 1.60 bits per heavy atom. The average Bonchev–Trinajstić information content (AvgIpc) is 2.37. The van der Waals surface area contributed by atoms with Gasteiger partial charge in [-0.05, 0) is 26.8 Å². The second-order valence-electron chi connectivity index (χ2n) is 6.07. The molecule has 0 unspecified atom stereocenters. The molecule has 2 rings (SSSR count). The molecular formula is C14H20F3N3. The molecule has 1 aromatic rings. The molecule has 2 heterocycles. The first-order chi connectivity index (χ1) is 9.18. The number of halogens is 3. The largest absolute Gasteiger partial charge is 0.417 e. The first kappa shape index (κ1) is 15.1. The van der Waals surface area contributed by atoms with Crippen molar-refractivity contribution in [3.05, 3.63) is 24.0 Å². The lowest BCUT2D eigenvalue weighted by Gasteiger charge is -2.43. The van der Waals surface area contributed by atoms with Gasteiger partial charge in [0.1, 0.15) is 0 Å². The number of aromatic nitrogens is 1. The van der Waals surface area contributed by atoms with Gasteiger partial charge in [-0.25, -0.2) is 0 Å². The van der Waals surface area contributed by atoms with Crippen LogP contribution < -0.4 is 4.90 Å². The van der Waals surface area contributed by atoms with Crippen molar-refractivity contribution in [2.24, 2.45) is 0 Å². The van der Waals surface area contributed by atoms with Gasteiger partial charge in [-0.3, -0.25) is 9.88 Å². The fourth-order valence-corrected chi connectivity index (χ4v) is 2.39. The van der Waals surface area contributed by atoms with Crippen molar-refractivity contribution in [3.8, 4) is 0 Å². The van der Waals surface area contributed by atoms with Crippen molar-refractivity contribution < 1.29 is 13.2 Å². The van der Waals surface area contributed by atoms with E-state index in [2.05, 4.69) is 30.7 Å². The van der Waals surface area contributed by atoms with Gasteiger partial charge in [-0.1, -0.05) is 0 Å². The highest BCUT2D eigenvalue weighted by Crippen LogP contribution is 2.31. The van der Waals surface area contributed by atoms with Gasteiger partial charge in [0, 0.05) is 37.9 Å². The Labute approximate surface area is 117 Å². The SMILES string of the molecule is CC(C)(C)N1CCN(c2cncc(C(F)(F)F)c2)CC1. The number of alkyl halides is 3. The van der Waals surface area contributed by atoms with Gasteiger partial charge in [-0.2, -0.15) is 13.2 Å². The van der Waals surface area contributed by atoms with E-state index in [9.17, 15) is 13.2 Å². The fourth-order valence-electron chi connectivity index (χ4n) is 2.39. The molecule has 0 spiro atoms. The van der Waals surface area contributed by atoms with Crippen LogP contribution in [0.3, 0.4) is 0 Å². The van der Waals surface area contributed by atoms with Crippen LogP contribution in [0.25, 0.3) is 0 Å². The highest BCUT2D eigenvalue weighted by molar-refractivity contribution is 5.47. The number of pyridine rings is 1. The second-order valence-corrected chi connectivity index (χ2v) is 6.07. The smallest absolute Gasteiger partial charge is 0.368 e. The lowest BCUT2D eigenvalue weighted by molar-refractivity contribution is -0.137. The summed E-state index contributed by atoms with van der Waals surface area (Å²) in [6.45, 7) is 9.58. The Morgan fingerprint density at radius 3 is 2.10 bits per heavy atom. The zero-order valence-electron chi connectivity index (χ0n) is 12.0. The summed E-state index contributed by atoms with van der Waals surface area (Å²) in [6.07, 6.45) is -1.97. The summed E-state index contributed by atoms with van der Waals surface area (Å²) in [5.41, 5.74) is -0.0420. The van der Waals surface area contributed by atoms with Crippen molar-refractivity contribution in [1.82, 2.24) is 9.88 Å². The van der Waals surface area contributed by atoms with Crippen LogP contribution in [0.15, 0.2) is 18.5 Å². The zero-order valence-corrected chi connectivity index (χ0v) is 12.0. The summed E-state index contributed by atoms with van der Waals surface area (Å²) in [7, 11) is 0. The minimum atomic E-state index is -4.34. The third-order valence-electron chi connectivity index (χ3n) is 3.64. The van der Waals surface area contributed by atoms with Crippen LogP contribution in [0.5, 0.6) is 0 Å². The lowest BCUT2D eigenvalue weighted by Crippen LogP contribution is -2.53. The third kappa shape index (κ3) is 3.42. The van der Waals surface area contributed by atoms with E-state index in [-0.39, 0.29) is 5.54 Å². The van der Waals surface area contributed by atoms with Crippen molar-refractivity contribution in [3.63, 3.8) is 0 Å². The maximum absolute atomic E-state index is 12.7. The Balaban J connectivity index is 2.08. The summed E-state index contributed by atoms with van der Waals surface area (Å²) in [5.74, 6) is 0. The predicted octanol–water partition coefficient (Wildman–Crippen LogP) is 3.02. The van der Waals surface area contributed by atoms with Gasteiger partial charge < -0.3 is 4.90 Å². The monoisotopic (exact) mass is 287 g/mol. The number of nitrogens with zero attached hydrogens (tertiary/aromatic N) is 3. The highest BCUT2D eigenvalue weighted by atomic mass is 19.4. The number of hydrogen-bond donors (Lipinski definition) is 0. The van der Waals surface area contributed by atoms with Gasteiger partial charge in [0.25, 0.3) is 0 Å². The van der Waals surface area contributed by atoms with Gasteiger partial charge >= 0.3 is 6.18 Å². The maximum Gasteiger partial charge on any atom is 0.417 e. The minimum Gasteiger partial charge on any atom is -0.368 e. The number of anilines is 1. The fraction of sp³-hybridized carbons (Fsp3) is 0.643. The molecule has 1 aliphatic rings. The molecule has 0 aromatic carbocycles. The standard InChI is InChI=1S/C14H20F3N3/c1-13(2,3)20-6-4-19(5-7-20)12-8-11(9-18-10-12)14(15,16)17/h8-10H,4-7H2,1-3H3. The number of rotatable bonds is 1. The van der Waals surface area contributed by atoms with Crippen molar-refractivity contribution in [2.45, 2.75) is 32.5 Å². The van der Waals surface area contributed by atoms with E-state index in [1.54, 1.807) is 0 Å². The quantitative estimate of drug-likeness (QED) is 0.791. The normalized spacial score (nSPS) is 18.4. The summed E-state index contributed by atoms with van der Waals surface area (Å²) >= 11 is 0. The Morgan fingerprint density at radius 1 is 1.00 bits per heavy atom. The first-order valence-corrected chi connectivity index (χ1v) is 6.70. The minimum absolute atomic E-state index is 0.0954. The van der Waals surface area contributed by atoms with Crippen LogP contribution in [-0.4, -0.2) is 41.6 Å². The molecule has 0 aliphatic carbocycles. The van der Waals surface area contributed by atoms with Crippen LogP contribution in [0, 0.1) is 0 Å². The molecule has 0 N–H and O–H groups in total. The van der Waals surface area contributed by atoms with Crippen molar-refractivity contribution in [2.75, 3.05) is 31.1 Å².